The largest absolute Gasteiger partial charge is 0.326 e. The van der Waals surface area contributed by atoms with Crippen LogP contribution in [0.5, 0.6) is 0 Å². The summed E-state index contributed by atoms with van der Waals surface area (Å²) < 4.78 is 23.2. The summed E-state index contributed by atoms with van der Waals surface area (Å²) in [6.45, 7) is 4.69. The normalized spacial score (nSPS) is 19.4. The highest BCUT2D eigenvalue weighted by Crippen LogP contribution is 2.18. The summed E-state index contributed by atoms with van der Waals surface area (Å²) in [6, 6.07) is 6.84. The summed E-state index contributed by atoms with van der Waals surface area (Å²) in [5, 5.41) is 2.79. The molecule has 0 spiro atoms. The number of nitrogens with zero attached hydrogens (tertiary/aromatic N) is 1. The quantitative estimate of drug-likeness (QED) is 0.756. The van der Waals surface area contributed by atoms with Gasteiger partial charge in [0.15, 0.2) is 15.6 Å². The second-order valence-electron chi connectivity index (χ2n) is 6.12. The van der Waals surface area contributed by atoms with Crippen LogP contribution in [0, 0.1) is 0 Å². The van der Waals surface area contributed by atoms with Crippen LogP contribution < -0.4 is 5.32 Å². The minimum Gasteiger partial charge on any atom is -0.326 e. The van der Waals surface area contributed by atoms with Gasteiger partial charge in [-0.3, -0.25) is 14.5 Å². The molecule has 1 saturated heterocycles. The molecule has 1 aromatic carbocycles. The molecule has 0 saturated carbocycles. The summed E-state index contributed by atoms with van der Waals surface area (Å²) in [6.07, 6.45) is 0.924. The number of carbonyl (C=O) groups excluding carboxylic acids is 2. The lowest BCUT2D eigenvalue weighted by molar-refractivity contribution is -0.116. The first kappa shape index (κ1) is 18.6. The van der Waals surface area contributed by atoms with Gasteiger partial charge in [0.05, 0.1) is 11.5 Å². The molecule has 1 amide bonds. The average Bonchev–Trinajstić information content (AvgIpc) is 2.88. The molecule has 1 aliphatic heterocycles. The Morgan fingerprint density at radius 2 is 2.08 bits per heavy atom. The molecule has 0 aromatic heterocycles. The number of amides is 1. The molecule has 7 heteroatoms. The van der Waals surface area contributed by atoms with Crippen LogP contribution in [-0.2, 0) is 14.6 Å². The zero-order valence-corrected chi connectivity index (χ0v) is 14.9. The van der Waals surface area contributed by atoms with Gasteiger partial charge in [-0.15, -0.1) is 0 Å². The van der Waals surface area contributed by atoms with Crippen molar-refractivity contribution in [2.24, 2.45) is 0 Å². The maximum Gasteiger partial charge on any atom is 0.225 e. The third-order valence-electron chi connectivity index (χ3n) is 4.31. The van der Waals surface area contributed by atoms with Gasteiger partial charge in [0.2, 0.25) is 5.91 Å². The second kappa shape index (κ2) is 7.90. The van der Waals surface area contributed by atoms with Crippen molar-refractivity contribution in [3.63, 3.8) is 0 Å². The first-order chi connectivity index (χ1) is 11.3. The van der Waals surface area contributed by atoms with Gasteiger partial charge < -0.3 is 5.32 Å². The Hall–Kier alpha value is -1.73. The molecule has 0 radical (unpaired) electrons. The molecule has 132 valence electrons. The van der Waals surface area contributed by atoms with E-state index in [4.69, 9.17) is 0 Å². The number of rotatable bonds is 7. The van der Waals surface area contributed by atoms with E-state index < -0.39 is 9.84 Å². The van der Waals surface area contributed by atoms with Gasteiger partial charge in [0, 0.05) is 30.3 Å². The van der Waals surface area contributed by atoms with Crippen LogP contribution >= 0.6 is 0 Å². The van der Waals surface area contributed by atoms with E-state index in [0.717, 1.165) is 0 Å². The van der Waals surface area contributed by atoms with Crippen LogP contribution in [0.3, 0.4) is 0 Å². The number of hydrogen-bond donors (Lipinski definition) is 1. The fraction of sp³-hybridized carbons (Fsp3) is 0.529. The third-order valence-corrected chi connectivity index (χ3v) is 6.06. The number of nitrogens with one attached hydrogen (secondary N) is 1. The van der Waals surface area contributed by atoms with Crippen molar-refractivity contribution in [1.82, 2.24) is 4.90 Å². The molecule has 1 aromatic rings. The summed E-state index contributed by atoms with van der Waals surface area (Å²) in [4.78, 5) is 25.5. The highest BCUT2D eigenvalue weighted by Gasteiger charge is 2.31. The van der Waals surface area contributed by atoms with Crippen molar-refractivity contribution in [3.8, 4) is 0 Å². The van der Waals surface area contributed by atoms with Crippen LogP contribution in [-0.4, -0.2) is 55.6 Å². The Morgan fingerprint density at radius 3 is 2.67 bits per heavy atom. The van der Waals surface area contributed by atoms with Gasteiger partial charge in [0.1, 0.15) is 0 Å². The van der Waals surface area contributed by atoms with Crippen LogP contribution in [0.2, 0.25) is 0 Å². The SMILES string of the molecule is CCN(CCC(=O)Nc1cccc(C(C)=O)c1)C1CCS(=O)(=O)C1. The van der Waals surface area contributed by atoms with Gasteiger partial charge in [-0.1, -0.05) is 19.1 Å². The monoisotopic (exact) mass is 352 g/mol. The van der Waals surface area contributed by atoms with E-state index in [9.17, 15) is 18.0 Å². The highest BCUT2D eigenvalue weighted by molar-refractivity contribution is 7.91. The van der Waals surface area contributed by atoms with Crippen LogP contribution in [0.25, 0.3) is 0 Å². The molecular formula is C17H24N2O4S. The summed E-state index contributed by atoms with van der Waals surface area (Å²) >= 11 is 0. The molecule has 1 N–H and O–H groups in total. The van der Waals surface area contributed by atoms with E-state index in [-0.39, 0.29) is 35.7 Å². The van der Waals surface area contributed by atoms with E-state index in [1.807, 2.05) is 6.92 Å². The Balaban J connectivity index is 1.88. The number of carbonyl (C=O) groups is 2. The van der Waals surface area contributed by atoms with E-state index in [1.54, 1.807) is 24.3 Å². The van der Waals surface area contributed by atoms with Crippen molar-refractivity contribution in [1.29, 1.82) is 0 Å². The second-order valence-corrected chi connectivity index (χ2v) is 8.35. The van der Waals surface area contributed by atoms with Crippen LogP contribution in [0.4, 0.5) is 5.69 Å². The van der Waals surface area contributed by atoms with Crippen molar-refractivity contribution in [3.05, 3.63) is 29.8 Å². The molecule has 1 fully saturated rings. The van der Waals surface area contributed by atoms with Crippen molar-refractivity contribution in [2.45, 2.75) is 32.7 Å². The summed E-state index contributed by atoms with van der Waals surface area (Å²) in [7, 11) is -2.92. The number of Topliss-reactive ketones (excluding diaryl/α,β-unsaturated/α-hetero) is 1. The molecule has 1 unspecified atom stereocenters. The summed E-state index contributed by atoms with van der Waals surface area (Å²) in [5.74, 6) is 0.224. The topological polar surface area (TPSA) is 83.6 Å². The zero-order valence-electron chi connectivity index (χ0n) is 14.1. The van der Waals surface area contributed by atoms with Crippen molar-refractivity contribution < 1.29 is 18.0 Å². The molecular weight excluding hydrogens is 328 g/mol. The Labute approximate surface area is 143 Å². The Kier molecular flexibility index (Phi) is 6.12. The lowest BCUT2D eigenvalue weighted by Crippen LogP contribution is -2.38. The van der Waals surface area contributed by atoms with Gasteiger partial charge >= 0.3 is 0 Å². The molecule has 2 rings (SSSR count). The lowest BCUT2D eigenvalue weighted by Gasteiger charge is -2.26. The zero-order chi connectivity index (χ0) is 17.7. The van der Waals surface area contributed by atoms with Gasteiger partial charge in [-0.25, -0.2) is 8.42 Å². The molecule has 0 aliphatic carbocycles. The van der Waals surface area contributed by atoms with Crippen LogP contribution in [0.1, 0.15) is 37.0 Å². The lowest BCUT2D eigenvalue weighted by atomic mass is 10.1. The average molecular weight is 352 g/mol. The van der Waals surface area contributed by atoms with Gasteiger partial charge in [0.25, 0.3) is 0 Å². The summed E-state index contributed by atoms with van der Waals surface area (Å²) in [5.41, 5.74) is 1.15. The molecule has 6 nitrogen and oxygen atoms in total. The minimum absolute atomic E-state index is 0.00819. The Bertz CT molecular complexity index is 715. The van der Waals surface area contributed by atoms with E-state index in [1.165, 1.54) is 6.92 Å². The Morgan fingerprint density at radius 1 is 1.33 bits per heavy atom. The number of sulfone groups is 1. The fourth-order valence-corrected chi connectivity index (χ4v) is 4.71. The smallest absolute Gasteiger partial charge is 0.225 e. The first-order valence-corrected chi connectivity index (χ1v) is 9.98. The van der Waals surface area contributed by atoms with Crippen LogP contribution in [0.15, 0.2) is 24.3 Å². The molecule has 24 heavy (non-hydrogen) atoms. The van der Waals surface area contributed by atoms with E-state index >= 15 is 0 Å². The highest BCUT2D eigenvalue weighted by atomic mass is 32.2. The number of anilines is 1. The maximum atomic E-state index is 12.1. The van der Waals surface area contributed by atoms with E-state index in [0.29, 0.717) is 30.8 Å². The van der Waals surface area contributed by atoms with Gasteiger partial charge in [-0.2, -0.15) is 0 Å². The first-order valence-electron chi connectivity index (χ1n) is 8.16. The number of ketones is 1. The third kappa shape index (κ3) is 5.14. The fourth-order valence-electron chi connectivity index (χ4n) is 2.95. The van der Waals surface area contributed by atoms with Crippen molar-refractivity contribution in [2.75, 3.05) is 29.9 Å². The number of benzene rings is 1. The van der Waals surface area contributed by atoms with E-state index in [2.05, 4.69) is 10.2 Å². The minimum atomic E-state index is -2.92. The van der Waals surface area contributed by atoms with Gasteiger partial charge in [-0.05, 0) is 32.0 Å². The molecule has 0 bridgehead atoms. The predicted octanol–water partition coefficient (Wildman–Crippen LogP) is 1.73. The predicted molar refractivity (Wildman–Crippen MR) is 94.0 cm³/mol. The molecule has 1 heterocycles. The van der Waals surface area contributed by atoms with Crippen molar-refractivity contribution >= 4 is 27.2 Å². The maximum absolute atomic E-state index is 12.1. The molecule has 1 aliphatic rings. The number of hydrogen-bond acceptors (Lipinski definition) is 5. The standard InChI is InChI=1S/C17H24N2O4S/c1-3-19(16-8-10-24(22,23)12-16)9-7-17(21)18-15-6-4-5-14(11-15)13(2)20/h4-6,11,16H,3,7-10,12H2,1-2H3,(H,18,21). The molecule has 1 atom stereocenters.